The van der Waals surface area contributed by atoms with Gasteiger partial charge in [-0.25, -0.2) is 8.42 Å². The molecule has 0 bridgehead atoms. The van der Waals surface area contributed by atoms with Crippen molar-refractivity contribution in [1.29, 1.82) is 5.26 Å². The van der Waals surface area contributed by atoms with Crippen molar-refractivity contribution in [2.24, 2.45) is 0 Å². The minimum Gasteiger partial charge on any atom is -0.369 e. The van der Waals surface area contributed by atoms with Crippen molar-refractivity contribution in [1.82, 2.24) is 4.72 Å². The molecule has 0 spiro atoms. The first-order valence-electron chi connectivity index (χ1n) is 5.97. The van der Waals surface area contributed by atoms with E-state index in [2.05, 4.69) is 0 Å². The zero-order valence-electron chi connectivity index (χ0n) is 11.3. The van der Waals surface area contributed by atoms with E-state index in [0.29, 0.717) is 5.56 Å². The first-order valence-corrected chi connectivity index (χ1v) is 7.62. The minimum absolute atomic E-state index is 0.164. The van der Waals surface area contributed by atoms with Crippen LogP contribution in [0.4, 0.5) is 0 Å². The average Bonchev–Trinajstić information content (AvgIpc) is 2.36. The Labute approximate surface area is 118 Å². The average molecular weight is 296 g/mol. The fourth-order valence-corrected chi connectivity index (χ4v) is 2.58. The second-order valence-electron chi connectivity index (χ2n) is 4.41. The number of nitriles is 1. The first-order chi connectivity index (χ1) is 9.34. The van der Waals surface area contributed by atoms with Gasteiger partial charge in [0.15, 0.2) is 0 Å². The molecule has 1 N–H and O–H groups in total. The summed E-state index contributed by atoms with van der Waals surface area (Å²) in [5, 5.41) is 8.89. The molecule has 0 aliphatic carbocycles. The van der Waals surface area contributed by atoms with Crippen LogP contribution < -0.4 is 4.72 Å². The molecular weight excluding hydrogens is 280 g/mol. The van der Waals surface area contributed by atoms with Gasteiger partial charge in [0.1, 0.15) is 6.61 Å². The Kier molecular flexibility index (Phi) is 5.67. The second-order valence-corrected chi connectivity index (χ2v) is 6.14. The monoisotopic (exact) mass is 296 g/mol. The van der Waals surface area contributed by atoms with Crippen LogP contribution in [0.1, 0.15) is 25.0 Å². The molecule has 1 aromatic carbocycles. The maximum absolute atomic E-state index is 11.8. The van der Waals surface area contributed by atoms with Crippen molar-refractivity contribution in [2.45, 2.75) is 25.7 Å². The van der Waals surface area contributed by atoms with Gasteiger partial charge in [-0.05, 0) is 25.5 Å². The van der Waals surface area contributed by atoms with E-state index in [1.807, 2.05) is 10.8 Å². The summed E-state index contributed by atoms with van der Waals surface area (Å²) in [6.45, 7) is 3.16. The van der Waals surface area contributed by atoms with Gasteiger partial charge < -0.3 is 4.74 Å². The number of ether oxygens (including phenoxy) is 1. The molecular formula is C13H16N2O4S. The minimum atomic E-state index is -3.85. The molecule has 1 amide bonds. The Bertz CT molecular complexity index is 618. The maximum atomic E-state index is 11.8. The van der Waals surface area contributed by atoms with Crippen LogP contribution in [0.3, 0.4) is 0 Å². The highest BCUT2D eigenvalue weighted by Crippen LogP contribution is 2.10. The number of nitrogens with zero attached hydrogens (tertiary/aromatic N) is 1. The van der Waals surface area contributed by atoms with Crippen LogP contribution in [0.5, 0.6) is 0 Å². The quantitative estimate of drug-likeness (QED) is 0.842. The van der Waals surface area contributed by atoms with Crippen LogP contribution in [0, 0.1) is 11.3 Å². The van der Waals surface area contributed by atoms with Crippen LogP contribution in [0.25, 0.3) is 0 Å². The Morgan fingerprint density at radius 2 is 2.05 bits per heavy atom. The maximum Gasteiger partial charge on any atom is 0.259 e. The summed E-state index contributed by atoms with van der Waals surface area (Å²) in [4.78, 5) is 11.4. The molecule has 0 radical (unpaired) electrons. The Morgan fingerprint density at radius 3 is 2.65 bits per heavy atom. The lowest BCUT2D eigenvalue weighted by Gasteiger charge is -2.09. The van der Waals surface area contributed by atoms with Crippen molar-refractivity contribution in [3.63, 3.8) is 0 Å². The van der Waals surface area contributed by atoms with E-state index in [-0.39, 0.29) is 18.3 Å². The molecule has 0 fully saturated rings. The molecule has 20 heavy (non-hydrogen) atoms. The van der Waals surface area contributed by atoms with Crippen molar-refractivity contribution in [2.75, 3.05) is 6.61 Å². The number of carbonyl (C=O) groups excluding carboxylic acids is 1. The SMILES string of the molecule is CC(C)OCC(=O)NS(=O)(=O)Cc1ccccc1C#N. The molecule has 0 aliphatic rings. The summed E-state index contributed by atoms with van der Waals surface area (Å²) < 4.78 is 30.6. The van der Waals surface area contributed by atoms with E-state index in [1.54, 1.807) is 26.0 Å². The van der Waals surface area contributed by atoms with Crippen molar-refractivity contribution >= 4 is 15.9 Å². The number of hydrogen-bond donors (Lipinski definition) is 1. The smallest absolute Gasteiger partial charge is 0.259 e. The first kappa shape index (κ1) is 16.1. The zero-order valence-corrected chi connectivity index (χ0v) is 12.1. The van der Waals surface area contributed by atoms with Crippen LogP contribution in [0.2, 0.25) is 0 Å². The molecule has 0 atom stereocenters. The Morgan fingerprint density at radius 1 is 1.40 bits per heavy atom. The number of carbonyl (C=O) groups is 1. The summed E-state index contributed by atoms with van der Waals surface area (Å²) >= 11 is 0. The summed E-state index contributed by atoms with van der Waals surface area (Å²) in [6.07, 6.45) is -0.164. The molecule has 0 unspecified atom stereocenters. The molecule has 0 saturated carbocycles. The Balaban J connectivity index is 2.71. The fraction of sp³-hybridized carbons (Fsp3) is 0.385. The molecule has 0 aliphatic heterocycles. The molecule has 7 heteroatoms. The Hall–Kier alpha value is -1.91. The number of nitrogens with one attached hydrogen (secondary N) is 1. The highest BCUT2D eigenvalue weighted by atomic mass is 32.2. The lowest BCUT2D eigenvalue weighted by atomic mass is 10.1. The normalized spacial score (nSPS) is 11.1. The molecule has 108 valence electrons. The van der Waals surface area contributed by atoms with E-state index >= 15 is 0 Å². The van der Waals surface area contributed by atoms with Gasteiger partial charge in [0.05, 0.1) is 23.5 Å². The predicted octanol–water partition coefficient (Wildman–Crippen LogP) is 0.929. The van der Waals surface area contributed by atoms with Gasteiger partial charge >= 0.3 is 0 Å². The lowest BCUT2D eigenvalue weighted by Crippen LogP contribution is -2.35. The molecule has 6 nitrogen and oxygen atoms in total. The van der Waals surface area contributed by atoms with Crippen LogP contribution in [0.15, 0.2) is 24.3 Å². The second kappa shape index (κ2) is 7.03. The summed E-state index contributed by atoms with van der Waals surface area (Å²) in [5.74, 6) is -1.16. The van der Waals surface area contributed by atoms with E-state index in [1.165, 1.54) is 12.1 Å². The van der Waals surface area contributed by atoms with Crippen LogP contribution in [-0.2, 0) is 25.3 Å². The van der Waals surface area contributed by atoms with Crippen molar-refractivity contribution in [3.05, 3.63) is 35.4 Å². The zero-order chi connectivity index (χ0) is 15.2. The number of hydrogen-bond acceptors (Lipinski definition) is 5. The summed E-state index contributed by atoms with van der Waals surface area (Å²) in [6, 6.07) is 8.24. The number of benzene rings is 1. The van der Waals surface area contributed by atoms with E-state index in [9.17, 15) is 13.2 Å². The van der Waals surface area contributed by atoms with Gasteiger partial charge in [-0.1, -0.05) is 18.2 Å². The van der Waals surface area contributed by atoms with Gasteiger partial charge in [0.2, 0.25) is 10.0 Å². The van der Waals surface area contributed by atoms with Crippen molar-refractivity contribution < 1.29 is 17.9 Å². The van der Waals surface area contributed by atoms with Crippen LogP contribution >= 0.6 is 0 Å². The van der Waals surface area contributed by atoms with E-state index in [0.717, 1.165) is 0 Å². The third-order valence-electron chi connectivity index (χ3n) is 2.30. The summed E-state index contributed by atoms with van der Waals surface area (Å²) in [7, 11) is -3.85. The van der Waals surface area contributed by atoms with Crippen LogP contribution in [-0.4, -0.2) is 27.0 Å². The van der Waals surface area contributed by atoms with Gasteiger partial charge in [-0.3, -0.25) is 9.52 Å². The summed E-state index contributed by atoms with van der Waals surface area (Å²) in [5.41, 5.74) is 0.615. The van der Waals surface area contributed by atoms with Gasteiger partial charge in [-0.2, -0.15) is 5.26 Å². The third kappa shape index (κ3) is 5.38. The van der Waals surface area contributed by atoms with Gasteiger partial charge in [-0.15, -0.1) is 0 Å². The molecule has 0 aromatic heterocycles. The number of amides is 1. The predicted molar refractivity (Wildman–Crippen MR) is 73.0 cm³/mol. The number of sulfonamides is 1. The van der Waals surface area contributed by atoms with Gasteiger partial charge in [0, 0.05) is 0 Å². The fourth-order valence-electron chi connectivity index (χ4n) is 1.44. The largest absolute Gasteiger partial charge is 0.369 e. The molecule has 1 rings (SSSR count). The highest BCUT2D eigenvalue weighted by molar-refractivity contribution is 7.89. The van der Waals surface area contributed by atoms with Crippen molar-refractivity contribution in [3.8, 4) is 6.07 Å². The van der Waals surface area contributed by atoms with E-state index in [4.69, 9.17) is 10.00 Å². The third-order valence-corrected chi connectivity index (χ3v) is 3.53. The number of rotatable bonds is 6. The molecule has 0 heterocycles. The molecule has 1 aromatic rings. The van der Waals surface area contributed by atoms with E-state index < -0.39 is 21.7 Å². The van der Waals surface area contributed by atoms with Gasteiger partial charge in [0.25, 0.3) is 5.91 Å². The lowest BCUT2D eigenvalue weighted by molar-refractivity contribution is -0.125. The topological polar surface area (TPSA) is 96.3 Å². The highest BCUT2D eigenvalue weighted by Gasteiger charge is 2.17. The molecule has 0 saturated heterocycles. The standard InChI is InChI=1S/C13H16N2O4S/c1-10(2)19-8-13(16)15-20(17,18)9-12-6-4-3-5-11(12)7-14/h3-6,10H,8-9H2,1-2H3,(H,15,16).